The summed E-state index contributed by atoms with van der Waals surface area (Å²) in [6, 6.07) is 3.11. The summed E-state index contributed by atoms with van der Waals surface area (Å²) < 4.78 is 26.4. The zero-order valence-corrected chi connectivity index (χ0v) is 11.7. The lowest BCUT2D eigenvalue weighted by atomic mass is 10.0. The first-order valence-corrected chi connectivity index (χ1v) is 6.63. The number of halogens is 2. The SMILES string of the molecule is CC(C)(C(=O)Nc1ccc(F)cc1F)N1CCNCC1. The van der Waals surface area contributed by atoms with Gasteiger partial charge in [0.2, 0.25) is 5.91 Å². The standard InChI is InChI=1S/C14H19F2N3O/c1-14(2,19-7-5-17-6-8-19)13(20)18-12-4-3-10(15)9-11(12)16/h3-4,9,17H,5-8H2,1-2H3,(H,18,20). The van der Waals surface area contributed by atoms with Gasteiger partial charge in [-0.3, -0.25) is 9.69 Å². The smallest absolute Gasteiger partial charge is 0.244 e. The normalized spacial score (nSPS) is 17.0. The zero-order valence-electron chi connectivity index (χ0n) is 11.7. The molecule has 0 radical (unpaired) electrons. The van der Waals surface area contributed by atoms with E-state index >= 15 is 0 Å². The molecule has 110 valence electrons. The summed E-state index contributed by atoms with van der Waals surface area (Å²) in [7, 11) is 0. The van der Waals surface area contributed by atoms with Gasteiger partial charge in [-0.1, -0.05) is 0 Å². The fourth-order valence-electron chi connectivity index (χ4n) is 2.23. The molecular weight excluding hydrogens is 264 g/mol. The van der Waals surface area contributed by atoms with Crippen LogP contribution in [-0.2, 0) is 4.79 Å². The molecule has 20 heavy (non-hydrogen) atoms. The Kier molecular flexibility index (Phi) is 4.35. The first kappa shape index (κ1) is 14.9. The van der Waals surface area contributed by atoms with Crippen LogP contribution < -0.4 is 10.6 Å². The Morgan fingerprint density at radius 1 is 1.30 bits per heavy atom. The molecule has 1 heterocycles. The Bertz CT molecular complexity index is 499. The molecule has 4 nitrogen and oxygen atoms in total. The van der Waals surface area contributed by atoms with Gasteiger partial charge in [0.05, 0.1) is 11.2 Å². The second-order valence-corrected chi connectivity index (χ2v) is 5.37. The van der Waals surface area contributed by atoms with Gasteiger partial charge in [0.25, 0.3) is 0 Å². The van der Waals surface area contributed by atoms with Crippen molar-refractivity contribution in [3.63, 3.8) is 0 Å². The van der Waals surface area contributed by atoms with E-state index in [2.05, 4.69) is 10.6 Å². The van der Waals surface area contributed by atoms with Crippen molar-refractivity contribution in [3.05, 3.63) is 29.8 Å². The fourth-order valence-corrected chi connectivity index (χ4v) is 2.23. The number of carbonyl (C=O) groups is 1. The van der Waals surface area contributed by atoms with E-state index in [0.29, 0.717) is 0 Å². The van der Waals surface area contributed by atoms with E-state index in [1.54, 1.807) is 13.8 Å². The predicted octanol–water partition coefficient (Wildman–Crippen LogP) is 1.59. The second-order valence-electron chi connectivity index (χ2n) is 5.37. The number of amides is 1. The average Bonchev–Trinajstić information content (AvgIpc) is 2.42. The van der Waals surface area contributed by atoms with Crippen LogP contribution in [0.5, 0.6) is 0 Å². The third-order valence-electron chi connectivity index (χ3n) is 3.64. The summed E-state index contributed by atoms with van der Waals surface area (Å²) in [5.74, 6) is -1.73. The molecular formula is C14H19F2N3O. The highest BCUT2D eigenvalue weighted by atomic mass is 19.1. The second kappa shape index (κ2) is 5.85. The maximum Gasteiger partial charge on any atom is 0.244 e. The van der Waals surface area contributed by atoms with Crippen molar-refractivity contribution < 1.29 is 13.6 Å². The van der Waals surface area contributed by atoms with Gasteiger partial charge in [-0.15, -0.1) is 0 Å². The predicted molar refractivity (Wildman–Crippen MR) is 73.5 cm³/mol. The lowest BCUT2D eigenvalue weighted by molar-refractivity contribution is -0.126. The Morgan fingerprint density at radius 2 is 1.95 bits per heavy atom. The van der Waals surface area contributed by atoms with Crippen LogP contribution in [0.15, 0.2) is 18.2 Å². The molecule has 0 unspecified atom stereocenters. The van der Waals surface area contributed by atoms with Crippen LogP contribution in [0.2, 0.25) is 0 Å². The summed E-state index contributed by atoms with van der Waals surface area (Å²) in [5, 5.41) is 5.75. The third-order valence-corrected chi connectivity index (χ3v) is 3.64. The molecule has 0 aliphatic carbocycles. The molecule has 2 N–H and O–H groups in total. The van der Waals surface area contributed by atoms with E-state index in [-0.39, 0.29) is 11.6 Å². The van der Waals surface area contributed by atoms with E-state index in [9.17, 15) is 13.6 Å². The summed E-state index contributed by atoms with van der Waals surface area (Å²) >= 11 is 0. The lowest BCUT2D eigenvalue weighted by Crippen LogP contribution is -2.58. The molecule has 1 aromatic rings. The molecule has 1 aliphatic heterocycles. The Balaban J connectivity index is 2.09. The first-order chi connectivity index (χ1) is 9.41. The summed E-state index contributed by atoms with van der Waals surface area (Å²) in [6.45, 7) is 6.76. The van der Waals surface area contributed by atoms with Crippen LogP contribution in [-0.4, -0.2) is 42.5 Å². The van der Waals surface area contributed by atoms with Crippen LogP contribution in [0.1, 0.15) is 13.8 Å². The highest BCUT2D eigenvalue weighted by Gasteiger charge is 2.35. The number of piperazine rings is 1. The first-order valence-electron chi connectivity index (χ1n) is 6.63. The molecule has 1 amide bonds. The van der Waals surface area contributed by atoms with Gasteiger partial charge in [0.15, 0.2) is 0 Å². The minimum absolute atomic E-state index is 0.000362. The molecule has 0 spiro atoms. The molecule has 0 saturated carbocycles. The van der Waals surface area contributed by atoms with E-state index < -0.39 is 17.2 Å². The molecule has 6 heteroatoms. The number of hydrogen-bond acceptors (Lipinski definition) is 3. The van der Waals surface area contributed by atoms with Gasteiger partial charge in [-0.2, -0.15) is 0 Å². The summed E-state index contributed by atoms with van der Waals surface area (Å²) in [4.78, 5) is 14.4. The largest absolute Gasteiger partial charge is 0.322 e. The van der Waals surface area contributed by atoms with Crippen LogP contribution in [0.25, 0.3) is 0 Å². The number of rotatable bonds is 3. The van der Waals surface area contributed by atoms with Crippen molar-refractivity contribution in [1.82, 2.24) is 10.2 Å². The Labute approximate surface area is 117 Å². The van der Waals surface area contributed by atoms with E-state index in [1.807, 2.05) is 4.90 Å². The molecule has 1 aliphatic rings. The van der Waals surface area contributed by atoms with Gasteiger partial charge in [-0.25, -0.2) is 8.78 Å². The molecule has 0 aromatic heterocycles. The topological polar surface area (TPSA) is 44.4 Å². The van der Waals surface area contributed by atoms with E-state index in [0.717, 1.165) is 38.3 Å². The quantitative estimate of drug-likeness (QED) is 0.885. The van der Waals surface area contributed by atoms with Crippen molar-refractivity contribution in [1.29, 1.82) is 0 Å². The zero-order chi connectivity index (χ0) is 14.8. The van der Waals surface area contributed by atoms with Gasteiger partial charge >= 0.3 is 0 Å². The maximum absolute atomic E-state index is 13.6. The summed E-state index contributed by atoms with van der Waals surface area (Å²) in [6.07, 6.45) is 0. The summed E-state index contributed by atoms with van der Waals surface area (Å²) in [5.41, 5.74) is -0.747. The van der Waals surface area contributed by atoms with Crippen LogP contribution in [0, 0.1) is 11.6 Å². The monoisotopic (exact) mass is 283 g/mol. The Morgan fingerprint density at radius 3 is 2.55 bits per heavy atom. The minimum atomic E-state index is -0.769. The number of nitrogens with zero attached hydrogens (tertiary/aromatic N) is 1. The van der Waals surface area contributed by atoms with Crippen molar-refractivity contribution >= 4 is 11.6 Å². The highest BCUT2D eigenvalue weighted by Crippen LogP contribution is 2.20. The molecule has 1 saturated heterocycles. The van der Waals surface area contributed by atoms with Crippen LogP contribution in [0.4, 0.5) is 14.5 Å². The average molecular weight is 283 g/mol. The van der Waals surface area contributed by atoms with Crippen molar-refractivity contribution in [2.75, 3.05) is 31.5 Å². The van der Waals surface area contributed by atoms with E-state index in [4.69, 9.17) is 0 Å². The Hall–Kier alpha value is -1.53. The molecule has 0 atom stereocenters. The fraction of sp³-hybridized carbons (Fsp3) is 0.500. The van der Waals surface area contributed by atoms with Crippen LogP contribution in [0.3, 0.4) is 0 Å². The van der Waals surface area contributed by atoms with Gasteiger partial charge < -0.3 is 10.6 Å². The van der Waals surface area contributed by atoms with Crippen LogP contribution >= 0.6 is 0 Å². The number of nitrogens with one attached hydrogen (secondary N) is 2. The van der Waals surface area contributed by atoms with Crippen molar-refractivity contribution in [2.24, 2.45) is 0 Å². The number of carbonyl (C=O) groups excluding carboxylic acids is 1. The van der Waals surface area contributed by atoms with Gasteiger partial charge in [0.1, 0.15) is 11.6 Å². The number of hydrogen-bond donors (Lipinski definition) is 2. The van der Waals surface area contributed by atoms with Crippen molar-refractivity contribution in [2.45, 2.75) is 19.4 Å². The van der Waals surface area contributed by atoms with Crippen molar-refractivity contribution in [3.8, 4) is 0 Å². The van der Waals surface area contributed by atoms with Gasteiger partial charge in [0, 0.05) is 32.2 Å². The number of benzene rings is 1. The molecule has 0 bridgehead atoms. The highest BCUT2D eigenvalue weighted by molar-refractivity contribution is 5.97. The van der Waals surface area contributed by atoms with Gasteiger partial charge in [-0.05, 0) is 26.0 Å². The molecule has 1 fully saturated rings. The minimum Gasteiger partial charge on any atom is -0.322 e. The number of anilines is 1. The lowest BCUT2D eigenvalue weighted by Gasteiger charge is -2.39. The maximum atomic E-state index is 13.6. The third kappa shape index (κ3) is 3.13. The molecule has 2 rings (SSSR count). The molecule has 1 aromatic carbocycles. The van der Waals surface area contributed by atoms with E-state index in [1.165, 1.54) is 6.07 Å².